The van der Waals surface area contributed by atoms with Gasteiger partial charge in [-0.3, -0.25) is 0 Å². The van der Waals surface area contributed by atoms with E-state index in [2.05, 4.69) is 4.18 Å². The van der Waals surface area contributed by atoms with Crippen molar-refractivity contribution in [3.8, 4) is 11.5 Å². The molecule has 0 fully saturated rings. The van der Waals surface area contributed by atoms with Crippen molar-refractivity contribution in [2.75, 3.05) is 0 Å². The molecule has 0 atom stereocenters. The van der Waals surface area contributed by atoms with Crippen molar-refractivity contribution < 1.29 is 22.1 Å². The van der Waals surface area contributed by atoms with Crippen molar-refractivity contribution in [3.63, 3.8) is 0 Å². The molecular weight excluding hydrogens is 291 g/mol. The first-order chi connectivity index (χ1) is 9.08. The molecule has 0 aliphatic carbocycles. The molecule has 7 heteroatoms. The Morgan fingerprint density at radius 3 is 1.75 bits per heavy atom. The zero-order valence-corrected chi connectivity index (χ0v) is 10.5. The van der Waals surface area contributed by atoms with E-state index in [-0.39, 0.29) is 41.1 Å². The summed E-state index contributed by atoms with van der Waals surface area (Å²) in [6.07, 6.45) is 0. The van der Waals surface area contributed by atoms with Crippen LogP contribution >= 0.6 is 0 Å². The van der Waals surface area contributed by atoms with Gasteiger partial charge < -0.3 is 8.92 Å². The average Bonchev–Trinajstić information content (AvgIpc) is 2.40. The third-order valence-corrected chi connectivity index (χ3v) is 3.00. The van der Waals surface area contributed by atoms with Crippen molar-refractivity contribution in [1.82, 2.24) is 0 Å². The summed E-state index contributed by atoms with van der Waals surface area (Å²) in [4.78, 5) is 11.5. The Balaban J connectivity index is 0.00000200. The molecule has 0 amide bonds. The number of hydrogen-bond acceptors (Lipinski definition) is 5. The molecule has 0 saturated heterocycles. The van der Waals surface area contributed by atoms with Gasteiger partial charge in [-0.2, -0.15) is 8.42 Å². The topological polar surface area (TPSA) is 69.7 Å². The van der Waals surface area contributed by atoms with Gasteiger partial charge in [0, 0.05) is 0 Å². The maximum absolute atomic E-state index is 11.6. The molecule has 0 saturated carbocycles. The predicted octanol–water partition coefficient (Wildman–Crippen LogP) is 1.95. The van der Waals surface area contributed by atoms with E-state index in [9.17, 15) is 13.2 Å². The fourth-order valence-corrected chi connectivity index (χ4v) is 1.90. The van der Waals surface area contributed by atoms with Gasteiger partial charge >= 0.3 is 45.0 Å². The average molecular weight is 302 g/mol. The van der Waals surface area contributed by atoms with E-state index < -0.39 is 15.4 Å². The minimum absolute atomic E-state index is 0. The van der Waals surface area contributed by atoms with Gasteiger partial charge in [0.15, 0.2) is 0 Å². The molecule has 20 heavy (non-hydrogen) atoms. The van der Waals surface area contributed by atoms with Crippen molar-refractivity contribution in [3.05, 3.63) is 60.7 Å². The van der Waals surface area contributed by atoms with Crippen LogP contribution in [0.5, 0.6) is 11.5 Å². The van der Waals surface area contributed by atoms with Gasteiger partial charge in [-0.05, 0) is 24.3 Å². The van der Waals surface area contributed by atoms with E-state index in [4.69, 9.17) is 4.74 Å². The Hall–Kier alpha value is -1.34. The molecule has 0 aliphatic heterocycles. The molecule has 0 unspecified atom stereocenters. The second-order valence-electron chi connectivity index (χ2n) is 3.52. The van der Waals surface area contributed by atoms with Crippen molar-refractivity contribution in [2.24, 2.45) is 0 Å². The van der Waals surface area contributed by atoms with Crippen LogP contribution < -0.4 is 8.92 Å². The fraction of sp³-hybridized carbons (Fsp3) is 0. The van der Waals surface area contributed by atoms with Crippen LogP contribution in [0.15, 0.2) is 60.7 Å². The second-order valence-corrected chi connectivity index (χ2v) is 4.92. The first kappa shape index (κ1) is 16.7. The maximum atomic E-state index is 11.6. The monoisotopic (exact) mass is 302 g/mol. The SMILES string of the molecule is O=C(Oc1ccccc1)S(=O)(=O)Oc1ccccc1.[NaH]. The van der Waals surface area contributed by atoms with Gasteiger partial charge in [0.05, 0.1) is 0 Å². The van der Waals surface area contributed by atoms with Gasteiger partial charge in [0.25, 0.3) is 0 Å². The van der Waals surface area contributed by atoms with Crippen LogP contribution in [0, 0.1) is 0 Å². The van der Waals surface area contributed by atoms with Gasteiger partial charge in [-0.25, -0.2) is 4.79 Å². The van der Waals surface area contributed by atoms with Crippen LogP contribution in [0.4, 0.5) is 4.79 Å². The Morgan fingerprint density at radius 2 is 1.25 bits per heavy atom. The molecule has 0 aliphatic rings. The normalized spacial score (nSPS) is 10.2. The van der Waals surface area contributed by atoms with Crippen LogP contribution in [-0.2, 0) is 10.1 Å². The van der Waals surface area contributed by atoms with Crippen LogP contribution in [0.3, 0.4) is 0 Å². The standard InChI is InChI=1S/C13H10O5S.Na.H/c14-13(17-11-7-3-1-4-8-11)19(15,16)18-12-9-5-2-6-10-12;;/h1-10H;;. The zero-order valence-electron chi connectivity index (χ0n) is 9.72. The molecule has 0 N–H and O–H groups in total. The quantitative estimate of drug-likeness (QED) is 0.492. The molecule has 2 aromatic carbocycles. The van der Waals surface area contributed by atoms with Gasteiger partial charge in [-0.1, -0.05) is 36.4 Å². The van der Waals surface area contributed by atoms with E-state index in [0.29, 0.717) is 0 Å². The summed E-state index contributed by atoms with van der Waals surface area (Å²) in [6.45, 7) is 0. The Kier molecular flexibility index (Phi) is 6.22. The summed E-state index contributed by atoms with van der Waals surface area (Å²) < 4.78 is 32.5. The summed E-state index contributed by atoms with van der Waals surface area (Å²) in [7, 11) is -4.47. The van der Waals surface area contributed by atoms with Gasteiger partial charge in [-0.15, -0.1) is 0 Å². The molecule has 100 valence electrons. The van der Waals surface area contributed by atoms with Crippen LogP contribution in [0.1, 0.15) is 0 Å². The van der Waals surface area contributed by atoms with Gasteiger partial charge in [0.2, 0.25) is 0 Å². The van der Waals surface area contributed by atoms with Crippen molar-refractivity contribution in [2.45, 2.75) is 0 Å². The van der Waals surface area contributed by atoms with E-state index in [0.717, 1.165) is 0 Å². The zero-order chi connectivity index (χ0) is 13.7. The predicted molar refractivity (Wildman–Crippen MR) is 75.6 cm³/mol. The summed E-state index contributed by atoms with van der Waals surface area (Å²) in [5.41, 5.74) is 0. The molecule has 0 bridgehead atoms. The first-order valence-corrected chi connectivity index (χ1v) is 6.75. The van der Waals surface area contributed by atoms with Crippen LogP contribution in [0.2, 0.25) is 0 Å². The van der Waals surface area contributed by atoms with Gasteiger partial charge in [0.1, 0.15) is 11.5 Å². The fourth-order valence-electron chi connectivity index (χ4n) is 1.27. The van der Waals surface area contributed by atoms with E-state index in [1.54, 1.807) is 36.4 Å². The number of ether oxygens (including phenoxy) is 1. The minimum atomic E-state index is -4.47. The number of carbonyl (C=O) groups is 1. The summed E-state index contributed by atoms with van der Waals surface area (Å²) in [5, 5.41) is -1.46. The Morgan fingerprint density at radius 1 is 0.800 bits per heavy atom. The Bertz CT molecular complexity index is 656. The number of carbonyl (C=O) groups excluding carboxylic acids is 1. The van der Waals surface area contributed by atoms with E-state index in [1.165, 1.54) is 24.3 Å². The molecule has 0 aromatic heterocycles. The number of benzene rings is 2. The van der Waals surface area contributed by atoms with E-state index >= 15 is 0 Å². The van der Waals surface area contributed by atoms with Crippen molar-refractivity contribution in [1.29, 1.82) is 0 Å². The molecular formula is C13H11NaO5S. The molecule has 2 rings (SSSR count). The third kappa shape index (κ3) is 4.64. The van der Waals surface area contributed by atoms with Crippen molar-refractivity contribution >= 4 is 45.0 Å². The third-order valence-electron chi connectivity index (χ3n) is 2.10. The van der Waals surface area contributed by atoms with Crippen LogP contribution in [-0.4, -0.2) is 43.3 Å². The van der Waals surface area contributed by atoms with E-state index in [1.807, 2.05) is 0 Å². The molecule has 5 nitrogen and oxygen atoms in total. The van der Waals surface area contributed by atoms with Crippen LogP contribution in [0.25, 0.3) is 0 Å². The first-order valence-electron chi connectivity index (χ1n) is 5.34. The summed E-state index contributed by atoms with van der Waals surface area (Å²) in [5.74, 6) is 0.181. The number of rotatable bonds is 3. The molecule has 0 radical (unpaired) electrons. The summed E-state index contributed by atoms with van der Waals surface area (Å²) >= 11 is 0. The second kappa shape index (κ2) is 7.44. The molecule has 0 spiro atoms. The molecule has 2 aromatic rings. The molecule has 0 heterocycles. The number of para-hydroxylation sites is 2. The number of hydrogen-bond donors (Lipinski definition) is 0. The summed E-state index contributed by atoms with van der Waals surface area (Å²) in [6, 6.07) is 15.6. The Labute approximate surface area is 138 Å².